The van der Waals surface area contributed by atoms with Gasteiger partial charge in [-0.3, -0.25) is 20.2 Å². The molecule has 0 radical (unpaired) electrons. The summed E-state index contributed by atoms with van der Waals surface area (Å²) < 4.78 is 0. The maximum atomic E-state index is 11.1. The minimum Gasteiger partial charge on any atom is -0.264 e. The molecule has 2 aliphatic rings. The van der Waals surface area contributed by atoms with Crippen LogP contribution in [0.1, 0.15) is 58.6 Å². The van der Waals surface area contributed by atoms with Gasteiger partial charge in [0.15, 0.2) is 0 Å². The lowest BCUT2D eigenvalue weighted by molar-refractivity contribution is -0.538. The monoisotopic (exact) mass is 360 g/mol. The largest absolute Gasteiger partial charge is 0.264 e. The van der Waals surface area contributed by atoms with E-state index in [-0.39, 0.29) is 11.3 Å². The van der Waals surface area contributed by atoms with Crippen LogP contribution >= 0.6 is 0 Å². The van der Waals surface area contributed by atoms with Crippen molar-refractivity contribution in [3.8, 4) is 0 Å². The van der Waals surface area contributed by atoms with E-state index in [1.807, 2.05) is 0 Å². The molecular formula is C20H28N2O4. The molecule has 3 rings (SSSR count). The smallest absolute Gasteiger partial charge is 0.257 e. The molecule has 0 saturated carbocycles. The van der Waals surface area contributed by atoms with Crippen LogP contribution in [0, 0.1) is 31.1 Å². The van der Waals surface area contributed by atoms with Gasteiger partial charge in [0, 0.05) is 10.3 Å². The first-order valence-electron chi connectivity index (χ1n) is 9.03. The van der Waals surface area contributed by atoms with Gasteiger partial charge in [0.2, 0.25) is 6.04 Å². The molecule has 1 aromatic rings. The predicted molar refractivity (Wildman–Crippen MR) is 101 cm³/mol. The van der Waals surface area contributed by atoms with Crippen LogP contribution in [0.3, 0.4) is 0 Å². The molecule has 0 heterocycles. The Kier molecular flexibility index (Phi) is 5.54. The summed E-state index contributed by atoms with van der Waals surface area (Å²) in [5, 5.41) is 22.2. The number of allylic oxidation sites excluding steroid dienone is 1. The van der Waals surface area contributed by atoms with E-state index in [1.165, 1.54) is 26.2 Å². The van der Waals surface area contributed by atoms with E-state index < -0.39 is 26.7 Å². The van der Waals surface area contributed by atoms with E-state index in [9.17, 15) is 20.2 Å². The third kappa shape index (κ3) is 3.94. The summed E-state index contributed by atoms with van der Waals surface area (Å²) in [5.41, 5.74) is 2.20. The van der Waals surface area contributed by atoms with Gasteiger partial charge in [-0.2, -0.15) is 0 Å². The van der Waals surface area contributed by atoms with E-state index in [0.29, 0.717) is 6.42 Å². The van der Waals surface area contributed by atoms with Crippen LogP contribution in [-0.4, -0.2) is 15.9 Å². The molecule has 142 valence electrons. The fraction of sp³-hybridized carbons (Fsp3) is 0.600. The van der Waals surface area contributed by atoms with Crippen molar-refractivity contribution < 1.29 is 9.85 Å². The molecule has 6 nitrogen and oxygen atoms in total. The summed E-state index contributed by atoms with van der Waals surface area (Å²) >= 11 is 0. The van der Waals surface area contributed by atoms with Gasteiger partial charge < -0.3 is 0 Å². The summed E-state index contributed by atoms with van der Waals surface area (Å²) in [5.74, 6) is 0. The van der Waals surface area contributed by atoms with Gasteiger partial charge in [0.25, 0.3) is 5.70 Å². The fourth-order valence-electron chi connectivity index (χ4n) is 4.92. The number of hydrogen-bond donors (Lipinski definition) is 0. The topological polar surface area (TPSA) is 86.3 Å². The van der Waals surface area contributed by atoms with Crippen LogP contribution in [0.15, 0.2) is 35.5 Å². The van der Waals surface area contributed by atoms with Crippen molar-refractivity contribution in [1.29, 1.82) is 0 Å². The van der Waals surface area contributed by atoms with E-state index in [1.54, 1.807) is 38.8 Å². The molecular weight excluding hydrogens is 332 g/mol. The fourth-order valence-corrected chi connectivity index (χ4v) is 4.92. The number of aryl methyl sites for hydroxylation is 2. The number of hydrogen-bond acceptors (Lipinski definition) is 4. The predicted octanol–water partition coefficient (Wildman–Crippen LogP) is 4.81. The summed E-state index contributed by atoms with van der Waals surface area (Å²) in [6.07, 6.45) is 4.39. The Labute approximate surface area is 154 Å². The van der Waals surface area contributed by atoms with Crippen LogP contribution < -0.4 is 0 Å². The van der Waals surface area contributed by atoms with Crippen molar-refractivity contribution in [2.45, 2.75) is 66.3 Å². The Bertz CT molecular complexity index is 727. The van der Waals surface area contributed by atoms with E-state index in [0.717, 1.165) is 0 Å². The van der Waals surface area contributed by atoms with E-state index >= 15 is 0 Å². The molecule has 0 fully saturated rings. The second-order valence-electron chi connectivity index (χ2n) is 8.65. The van der Waals surface area contributed by atoms with Crippen molar-refractivity contribution in [3.05, 3.63) is 66.9 Å². The Balaban J connectivity index is 0.000000223. The van der Waals surface area contributed by atoms with E-state index in [2.05, 4.69) is 24.3 Å². The standard InChI is InChI=1S/C11H18N2O4.C9H10/c1-7-8(12(14)15)10(2,3)6-11(4,5)9(7)13(16)17;1-2-5-9-7-3-6-8(9)4-1/h8H,6H2,1-5H3;1-2,4-5H,3,6-7H2. The average molecular weight is 360 g/mol. The molecule has 0 spiro atoms. The van der Waals surface area contributed by atoms with Gasteiger partial charge in [0.05, 0.1) is 15.9 Å². The highest BCUT2D eigenvalue weighted by Crippen LogP contribution is 2.49. The van der Waals surface area contributed by atoms with Crippen LogP contribution in [0.4, 0.5) is 0 Å². The second-order valence-corrected chi connectivity index (χ2v) is 8.65. The van der Waals surface area contributed by atoms with Gasteiger partial charge in [-0.05, 0) is 57.6 Å². The zero-order chi connectivity index (χ0) is 19.7. The zero-order valence-electron chi connectivity index (χ0n) is 16.2. The zero-order valence-corrected chi connectivity index (χ0v) is 16.2. The van der Waals surface area contributed by atoms with Crippen molar-refractivity contribution in [3.63, 3.8) is 0 Å². The minimum atomic E-state index is -0.976. The van der Waals surface area contributed by atoms with Gasteiger partial charge in [0.1, 0.15) is 0 Å². The lowest BCUT2D eigenvalue weighted by Crippen LogP contribution is -2.47. The lowest BCUT2D eigenvalue weighted by atomic mass is 9.62. The third-order valence-corrected chi connectivity index (χ3v) is 5.47. The Hall–Kier alpha value is -2.24. The first-order valence-corrected chi connectivity index (χ1v) is 9.03. The van der Waals surface area contributed by atoms with Gasteiger partial charge in [-0.15, -0.1) is 0 Å². The van der Waals surface area contributed by atoms with Crippen LogP contribution in [-0.2, 0) is 12.8 Å². The maximum Gasteiger partial charge on any atom is 0.257 e. The first-order chi connectivity index (χ1) is 12.0. The highest BCUT2D eigenvalue weighted by atomic mass is 16.6. The Morgan fingerprint density at radius 3 is 1.92 bits per heavy atom. The first kappa shape index (κ1) is 20.1. The van der Waals surface area contributed by atoms with Crippen molar-refractivity contribution >= 4 is 0 Å². The second kappa shape index (κ2) is 7.17. The summed E-state index contributed by atoms with van der Waals surface area (Å²) in [7, 11) is 0. The molecule has 1 unspecified atom stereocenters. The van der Waals surface area contributed by atoms with Crippen LogP contribution in [0.2, 0.25) is 0 Å². The third-order valence-electron chi connectivity index (χ3n) is 5.47. The molecule has 0 aliphatic heterocycles. The molecule has 0 aromatic heterocycles. The normalized spacial score (nSPS) is 22.9. The molecule has 6 heteroatoms. The molecule has 2 aliphatic carbocycles. The number of nitro groups is 2. The molecule has 26 heavy (non-hydrogen) atoms. The highest BCUT2D eigenvalue weighted by molar-refractivity contribution is 5.30. The van der Waals surface area contributed by atoms with Gasteiger partial charge in [-0.1, -0.05) is 38.1 Å². The minimum absolute atomic E-state index is 0.00137. The van der Waals surface area contributed by atoms with Crippen LogP contribution in [0.25, 0.3) is 0 Å². The SMILES string of the molecule is CC1=C([N+](=O)[O-])C(C)(C)CC(C)(C)C1[N+](=O)[O-].c1ccc2c(c1)CCC2. The molecule has 0 bridgehead atoms. The summed E-state index contributed by atoms with van der Waals surface area (Å²) in [6.45, 7) is 8.64. The Morgan fingerprint density at radius 1 is 1.00 bits per heavy atom. The maximum absolute atomic E-state index is 11.1. The van der Waals surface area contributed by atoms with Crippen molar-refractivity contribution in [2.75, 3.05) is 0 Å². The van der Waals surface area contributed by atoms with Crippen molar-refractivity contribution in [1.82, 2.24) is 0 Å². The molecule has 1 atom stereocenters. The van der Waals surface area contributed by atoms with Gasteiger partial charge in [-0.25, -0.2) is 0 Å². The van der Waals surface area contributed by atoms with Gasteiger partial charge >= 0.3 is 0 Å². The number of benzene rings is 1. The highest BCUT2D eigenvalue weighted by Gasteiger charge is 2.55. The Morgan fingerprint density at radius 2 is 1.50 bits per heavy atom. The molecule has 0 amide bonds. The van der Waals surface area contributed by atoms with Crippen molar-refractivity contribution in [2.24, 2.45) is 10.8 Å². The van der Waals surface area contributed by atoms with Crippen LogP contribution in [0.5, 0.6) is 0 Å². The molecule has 0 N–H and O–H groups in total. The summed E-state index contributed by atoms with van der Waals surface area (Å²) in [6, 6.07) is 7.76. The number of rotatable bonds is 2. The molecule has 0 saturated heterocycles. The summed E-state index contributed by atoms with van der Waals surface area (Å²) in [4.78, 5) is 21.3. The number of fused-ring (bicyclic) bond motifs is 1. The quantitative estimate of drug-likeness (QED) is 0.559. The molecule has 1 aromatic carbocycles. The lowest BCUT2D eigenvalue weighted by Gasteiger charge is -2.39. The van der Waals surface area contributed by atoms with E-state index in [4.69, 9.17) is 0 Å². The average Bonchev–Trinajstić information content (AvgIpc) is 2.92. The number of nitrogens with zero attached hydrogens (tertiary/aromatic N) is 2.